The molecule has 1 aromatic heterocycles. The molecule has 0 saturated heterocycles. The van der Waals surface area contributed by atoms with Crippen molar-refractivity contribution in [1.29, 1.82) is 0 Å². The fourth-order valence-electron chi connectivity index (χ4n) is 1.31. The second-order valence-corrected chi connectivity index (χ2v) is 3.60. The van der Waals surface area contributed by atoms with Crippen LogP contribution in [-0.4, -0.2) is 15.0 Å². The SMILES string of the molecule is CCC.CCc1ccc2c(c1)nnn2C. The summed E-state index contributed by atoms with van der Waals surface area (Å²) in [5, 5.41) is 7.98. The quantitative estimate of drug-likeness (QED) is 0.716. The lowest BCUT2D eigenvalue weighted by Crippen LogP contribution is -1.89. The molecule has 2 aromatic rings. The van der Waals surface area contributed by atoms with Gasteiger partial charge in [-0.15, -0.1) is 5.10 Å². The van der Waals surface area contributed by atoms with Gasteiger partial charge in [-0.2, -0.15) is 0 Å². The topological polar surface area (TPSA) is 30.7 Å². The molecule has 0 N–H and O–H groups in total. The van der Waals surface area contributed by atoms with E-state index in [0.29, 0.717) is 0 Å². The van der Waals surface area contributed by atoms with Crippen LogP contribution in [0.2, 0.25) is 0 Å². The van der Waals surface area contributed by atoms with E-state index < -0.39 is 0 Å². The summed E-state index contributed by atoms with van der Waals surface area (Å²) in [6.07, 6.45) is 2.30. The van der Waals surface area contributed by atoms with Crippen LogP contribution >= 0.6 is 0 Å². The first-order chi connectivity index (χ1) is 7.22. The standard InChI is InChI=1S/C9H11N3.C3H8/c1-3-7-4-5-9-8(6-7)10-11-12(9)2;1-3-2/h4-6H,3H2,1-2H3;3H2,1-2H3. The van der Waals surface area contributed by atoms with Crippen LogP contribution in [0.1, 0.15) is 32.8 Å². The van der Waals surface area contributed by atoms with E-state index in [1.807, 2.05) is 7.05 Å². The van der Waals surface area contributed by atoms with E-state index in [9.17, 15) is 0 Å². The molecule has 0 aliphatic heterocycles. The number of rotatable bonds is 1. The maximum atomic E-state index is 4.04. The zero-order valence-electron chi connectivity index (χ0n) is 9.99. The van der Waals surface area contributed by atoms with Crippen molar-refractivity contribution in [3.8, 4) is 0 Å². The lowest BCUT2D eigenvalue weighted by atomic mass is 10.1. The molecular weight excluding hydrogens is 186 g/mol. The molecule has 1 heterocycles. The van der Waals surface area contributed by atoms with Crippen molar-refractivity contribution in [1.82, 2.24) is 15.0 Å². The van der Waals surface area contributed by atoms with E-state index in [1.54, 1.807) is 4.68 Å². The maximum absolute atomic E-state index is 4.04. The van der Waals surface area contributed by atoms with E-state index in [4.69, 9.17) is 0 Å². The molecule has 0 radical (unpaired) electrons. The van der Waals surface area contributed by atoms with Crippen molar-refractivity contribution < 1.29 is 0 Å². The van der Waals surface area contributed by atoms with E-state index in [-0.39, 0.29) is 0 Å². The first-order valence-corrected chi connectivity index (χ1v) is 5.51. The highest BCUT2D eigenvalue weighted by Crippen LogP contribution is 2.12. The predicted molar refractivity (Wildman–Crippen MR) is 63.9 cm³/mol. The van der Waals surface area contributed by atoms with Gasteiger partial charge in [-0.3, -0.25) is 0 Å². The summed E-state index contributed by atoms with van der Waals surface area (Å²) < 4.78 is 1.79. The molecule has 82 valence electrons. The first kappa shape index (κ1) is 11.7. The van der Waals surface area contributed by atoms with Gasteiger partial charge in [0.1, 0.15) is 5.52 Å². The van der Waals surface area contributed by atoms with Gasteiger partial charge < -0.3 is 0 Å². The molecule has 0 aliphatic carbocycles. The summed E-state index contributed by atoms with van der Waals surface area (Å²) in [4.78, 5) is 0. The molecule has 2 rings (SSSR count). The number of aromatic nitrogens is 3. The molecular formula is C12H19N3. The van der Waals surface area contributed by atoms with E-state index >= 15 is 0 Å². The Hall–Kier alpha value is -1.38. The number of fused-ring (bicyclic) bond motifs is 1. The zero-order valence-corrected chi connectivity index (χ0v) is 9.99. The van der Waals surface area contributed by atoms with Gasteiger partial charge in [0.05, 0.1) is 5.52 Å². The van der Waals surface area contributed by atoms with Gasteiger partial charge in [0.15, 0.2) is 0 Å². The summed E-state index contributed by atoms with van der Waals surface area (Å²) >= 11 is 0. The normalized spacial score (nSPS) is 9.87. The maximum Gasteiger partial charge on any atom is 0.113 e. The average molecular weight is 205 g/mol. The number of hydrogen-bond acceptors (Lipinski definition) is 2. The lowest BCUT2D eigenvalue weighted by molar-refractivity contribution is 0.736. The zero-order chi connectivity index (χ0) is 11.3. The Morgan fingerprint density at radius 2 is 1.87 bits per heavy atom. The van der Waals surface area contributed by atoms with Crippen molar-refractivity contribution in [3.63, 3.8) is 0 Å². The summed E-state index contributed by atoms with van der Waals surface area (Å²) in [7, 11) is 1.90. The molecule has 0 fully saturated rings. The Morgan fingerprint density at radius 1 is 1.20 bits per heavy atom. The summed E-state index contributed by atoms with van der Waals surface area (Å²) in [6, 6.07) is 6.27. The van der Waals surface area contributed by atoms with Gasteiger partial charge >= 0.3 is 0 Å². The van der Waals surface area contributed by atoms with Gasteiger partial charge in [-0.05, 0) is 24.1 Å². The second kappa shape index (κ2) is 5.49. The van der Waals surface area contributed by atoms with Crippen LogP contribution in [0.25, 0.3) is 11.0 Å². The van der Waals surface area contributed by atoms with Gasteiger partial charge in [-0.25, -0.2) is 4.68 Å². The molecule has 0 spiro atoms. The van der Waals surface area contributed by atoms with Crippen LogP contribution in [0, 0.1) is 0 Å². The molecule has 1 aromatic carbocycles. The number of benzene rings is 1. The second-order valence-electron chi connectivity index (χ2n) is 3.60. The molecule has 0 saturated carbocycles. The predicted octanol–water partition coefficient (Wildman–Crippen LogP) is 2.95. The van der Waals surface area contributed by atoms with Gasteiger partial charge in [0.2, 0.25) is 0 Å². The first-order valence-electron chi connectivity index (χ1n) is 5.51. The van der Waals surface area contributed by atoms with Crippen LogP contribution in [0.3, 0.4) is 0 Å². The van der Waals surface area contributed by atoms with Crippen molar-refractivity contribution in [2.75, 3.05) is 0 Å². The average Bonchev–Trinajstić information content (AvgIpc) is 2.61. The molecule has 0 bridgehead atoms. The summed E-state index contributed by atoms with van der Waals surface area (Å²) in [6.45, 7) is 6.39. The van der Waals surface area contributed by atoms with Crippen molar-refractivity contribution in [2.45, 2.75) is 33.6 Å². The Morgan fingerprint density at radius 3 is 2.47 bits per heavy atom. The molecule has 0 amide bonds. The monoisotopic (exact) mass is 205 g/mol. The minimum Gasteiger partial charge on any atom is -0.248 e. The fourth-order valence-corrected chi connectivity index (χ4v) is 1.31. The van der Waals surface area contributed by atoms with Crippen molar-refractivity contribution in [2.24, 2.45) is 7.05 Å². The number of aryl methyl sites for hydroxylation is 2. The minimum atomic E-state index is 0.983. The molecule has 3 heteroatoms. The number of hydrogen-bond donors (Lipinski definition) is 0. The fraction of sp³-hybridized carbons (Fsp3) is 0.500. The third-order valence-electron chi connectivity index (χ3n) is 2.08. The molecule has 0 unspecified atom stereocenters. The summed E-state index contributed by atoms with van der Waals surface area (Å²) in [5.74, 6) is 0. The van der Waals surface area contributed by atoms with E-state index in [0.717, 1.165) is 17.5 Å². The van der Waals surface area contributed by atoms with E-state index in [2.05, 4.69) is 49.3 Å². The largest absolute Gasteiger partial charge is 0.248 e. The lowest BCUT2D eigenvalue weighted by Gasteiger charge is -1.95. The number of nitrogens with zero attached hydrogens (tertiary/aromatic N) is 3. The molecule has 0 atom stereocenters. The third kappa shape index (κ3) is 2.78. The minimum absolute atomic E-state index is 0.983. The van der Waals surface area contributed by atoms with Crippen molar-refractivity contribution in [3.05, 3.63) is 23.8 Å². The Kier molecular flexibility index (Phi) is 4.28. The highest BCUT2D eigenvalue weighted by atomic mass is 15.4. The summed E-state index contributed by atoms with van der Waals surface area (Å²) in [5.41, 5.74) is 3.38. The van der Waals surface area contributed by atoms with Gasteiger partial charge in [0.25, 0.3) is 0 Å². The van der Waals surface area contributed by atoms with Crippen molar-refractivity contribution >= 4 is 11.0 Å². The Balaban J connectivity index is 0.000000337. The molecule has 3 nitrogen and oxygen atoms in total. The molecule has 15 heavy (non-hydrogen) atoms. The third-order valence-corrected chi connectivity index (χ3v) is 2.08. The van der Waals surface area contributed by atoms with Crippen LogP contribution in [0.4, 0.5) is 0 Å². The smallest absolute Gasteiger partial charge is 0.113 e. The van der Waals surface area contributed by atoms with Crippen LogP contribution in [0.15, 0.2) is 18.2 Å². The van der Waals surface area contributed by atoms with E-state index in [1.165, 1.54) is 12.0 Å². The highest BCUT2D eigenvalue weighted by molar-refractivity contribution is 5.74. The van der Waals surface area contributed by atoms with Gasteiger partial charge in [0, 0.05) is 7.05 Å². The van der Waals surface area contributed by atoms with Gasteiger partial charge in [-0.1, -0.05) is 38.5 Å². The van der Waals surface area contributed by atoms with Crippen LogP contribution in [0.5, 0.6) is 0 Å². The highest BCUT2D eigenvalue weighted by Gasteiger charge is 2.00. The van der Waals surface area contributed by atoms with Crippen LogP contribution in [-0.2, 0) is 13.5 Å². The Bertz CT molecular complexity index is 418. The van der Waals surface area contributed by atoms with Crippen LogP contribution < -0.4 is 0 Å². The Labute approximate surface area is 91.1 Å². The molecule has 0 aliphatic rings.